The SMILES string of the molecule is CCNCCC(=O)OCCc1cccs1. The molecule has 1 aromatic rings. The summed E-state index contributed by atoms with van der Waals surface area (Å²) in [6.07, 6.45) is 1.28. The monoisotopic (exact) mass is 227 g/mol. The predicted octanol–water partition coefficient (Wildman–Crippen LogP) is 1.83. The third-order valence-corrected chi connectivity index (χ3v) is 2.88. The second-order valence-corrected chi connectivity index (χ2v) is 4.19. The molecule has 0 atom stereocenters. The van der Waals surface area contributed by atoms with Crippen molar-refractivity contribution in [1.82, 2.24) is 5.32 Å². The first kappa shape index (κ1) is 12.2. The molecule has 84 valence electrons. The van der Waals surface area contributed by atoms with Gasteiger partial charge in [-0.3, -0.25) is 4.79 Å². The number of thiophene rings is 1. The normalized spacial score (nSPS) is 10.2. The van der Waals surface area contributed by atoms with Gasteiger partial charge in [-0.2, -0.15) is 0 Å². The first-order valence-electron chi connectivity index (χ1n) is 5.21. The van der Waals surface area contributed by atoms with E-state index in [1.54, 1.807) is 11.3 Å². The molecule has 0 unspecified atom stereocenters. The zero-order chi connectivity index (χ0) is 10.9. The minimum atomic E-state index is -0.118. The van der Waals surface area contributed by atoms with Gasteiger partial charge in [0.2, 0.25) is 0 Å². The number of esters is 1. The van der Waals surface area contributed by atoms with Crippen molar-refractivity contribution in [2.45, 2.75) is 19.8 Å². The average Bonchev–Trinajstić information content (AvgIpc) is 2.71. The van der Waals surface area contributed by atoms with Crippen LogP contribution < -0.4 is 5.32 Å². The largest absolute Gasteiger partial charge is 0.465 e. The summed E-state index contributed by atoms with van der Waals surface area (Å²) in [6.45, 7) is 4.10. The maximum atomic E-state index is 11.2. The first-order valence-corrected chi connectivity index (χ1v) is 6.09. The lowest BCUT2D eigenvalue weighted by atomic mass is 10.3. The molecule has 0 aliphatic heterocycles. The minimum Gasteiger partial charge on any atom is -0.465 e. The van der Waals surface area contributed by atoms with Gasteiger partial charge >= 0.3 is 5.97 Å². The molecule has 4 heteroatoms. The Kier molecular flexibility index (Phi) is 6.04. The van der Waals surface area contributed by atoms with Crippen molar-refractivity contribution in [2.75, 3.05) is 19.7 Å². The van der Waals surface area contributed by atoms with Crippen molar-refractivity contribution in [2.24, 2.45) is 0 Å². The second-order valence-electron chi connectivity index (χ2n) is 3.15. The molecule has 1 aromatic heterocycles. The zero-order valence-corrected chi connectivity index (χ0v) is 9.81. The van der Waals surface area contributed by atoms with Crippen molar-refractivity contribution >= 4 is 17.3 Å². The van der Waals surface area contributed by atoms with E-state index in [4.69, 9.17) is 4.74 Å². The molecule has 0 fully saturated rings. The lowest BCUT2D eigenvalue weighted by Crippen LogP contribution is -2.19. The van der Waals surface area contributed by atoms with Crippen LogP contribution in [0.5, 0.6) is 0 Å². The van der Waals surface area contributed by atoms with Gasteiger partial charge in [-0.1, -0.05) is 13.0 Å². The highest BCUT2D eigenvalue weighted by molar-refractivity contribution is 7.09. The number of hydrogen-bond donors (Lipinski definition) is 1. The van der Waals surface area contributed by atoms with E-state index in [1.165, 1.54) is 4.88 Å². The standard InChI is InChI=1S/C11H17NO2S/c1-2-12-7-5-11(13)14-8-6-10-4-3-9-15-10/h3-4,9,12H,2,5-8H2,1H3. The summed E-state index contributed by atoms with van der Waals surface area (Å²) < 4.78 is 5.09. The van der Waals surface area contributed by atoms with Crippen molar-refractivity contribution < 1.29 is 9.53 Å². The van der Waals surface area contributed by atoms with E-state index < -0.39 is 0 Å². The molecular weight excluding hydrogens is 210 g/mol. The van der Waals surface area contributed by atoms with Crippen LogP contribution in [0.25, 0.3) is 0 Å². The van der Waals surface area contributed by atoms with Gasteiger partial charge in [-0.25, -0.2) is 0 Å². The lowest BCUT2D eigenvalue weighted by Gasteiger charge is -2.03. The molecule has 0 bridgehead atoms. The van der Waals surface area contributed by atoms with Crippen LogP contribution in [0, 0.1) is 0 Å². The summed E-state index contributed by atoms with van der Waals surface area (Å²) in [5, 5.41) is 5.11. The summed E-state index contributed by atoms with van der Waals surface area (Å²) >= 11 is 1.69. The van der Waals surface area contributed by atoms with E-state index in [0.717, 1.165) is 13.0 Å². The van der Waals surface area contributed by atoms with E-state index >= 15 is 0 Å². The van der Waals surface area contributed by atoms with E-state index in [-0.39, 0.29) is 5.97 Å². The molecule has 0 aromatic carbocycles. The fourth-order valence-corrected chi connectivity index (χ4v) is 1.85. The Labute approximate surface area is 94.5 Å². The summed E-state index contributed by atoms with van der Waals surface area (Å²) in [7, 11) is 0. The Morgan fingerprint density at radius 1 is 1.60 bits per heavy atom. The van der Waals surface area contributed by atoms with Crippen LogP contribution in [0.3, 0.4) is 0 Å². The van der Waals surface area contributed by atoms with Crippen LogP contribution in [0.1, 0.15) is 18.2 Å². The van der Waals surface area contributed by atoms with E-state index in [2.05, 4.69) is 11.4 Å². The van der Waals surface area contributed by atoms with Gasteiger partial charge in [0.1, 0.15) is 0 Å². The number of hydrogen-bond acceptors (Lipinski definition) is 4. The molecule has 0 saturated carbocycles. The highest BCUT2D eigenvalue weighted by Crippen LogP contribution is 2.08. The van der Waals surface area contributed by atoms with Crippen LogP contribution in [-0.4, -0.2) is 25.7 Å². The topological polar surface area (TPSA) is 38.3 Å². The molecule has 0 spiro atoms. The second kappa shape index (κ2) is 7.43. The lowest BCUT2D eigenvalue weighted by molar-refractivity contribution is -0.143. The molecule has 0 saturated heterocycles. The highest BCUT2D eigenvalue weighted by atomic mass is 32.1. The van der Waals surface area contributed by atoms with E-state index in [9.17, 15) is 4.79 Å². The maximum Gasteiger partial charge on any atom is 0.307 e. The Bertz CT molecular complexity index is 272. The van der Waals surface area contributed by atoms with Gasteiger partial charge in [0.05, 0.1) is 13.0 Å². The fraction of sp³-hybridized carbons (Fsp3) is 0.545. The van der Waals surface area contributed by atoms with Crippen LogP contribution >= 0.6 is 11.3 Å². The number of rotatable bonds is 7. The summed E-state index contributed by atoms with van der Waals surface area (Å²) in [6, 6.07) is 4.06. The van der Waals surface area contributed by atoms with Crippen molar-refractivity contribution in [1.29, 1.82) is 0 Å². The molecule has 1 N–H and O–H groups in total. The first-order chi connectivity index (χ1) is 7.33. The average molecular weight is 227 g/mol. The molecule has 0 aliphatic rings. The molecule has 1 heterocycles. The Hall–Kier alpha value is -0.870. The fourth-order valence-electron chi connectivity index (χ4n) is 1.16. The summed E-state index contributed by atoms with van der Waals surface area (Å²) in [4.78, 5) is 12.4. The molecule has 0 radical (unpaired) electrons. The van der Waals surface area contributed by atoms with Gasteiger partial charge in [0.15, 0.2) is 0 Å². The van der Waals surface area contributed by atoms with Gasteiger partial charge in [0, 0.05) is 17.8 Å². The number of carbonyl (C=O) groups excluding carboxylic acids is 1. The third kappa shape index (κ3) is 5.54. The molecular formula is C11H17NO2S. The van der Waals surface area contributed by atoms with Crippen molar-refractivity contribution in [3.05, 3.63) is 22.4 Å². The van der Waals surface area contributed by atoms with Crippen LogP contribution in [-0.2, 0) is 16.0 Å². The Morgan fingerprint density at radius 2 is 2.47 bits per heavy atom. The van der Waals surface area contributed by atoms with Crippen LogP contribution in [0.15, 0.2) is 17.5 Å². The van der Waals surface area contributed by atoms with Gasteiger partial charge in [-0.05, 0) is 18.0 Å². The Morgan fingerprint density at radius 3 is 3.13 bits per heavy atom. The minimum absolute atomic E-state index is 0.118. The Balaban J connectivity index is 2.02. The van der Waals surface area contributed by atoms with Crippen molar-refractivity contribution in [3.8, 4) is 0 Å². The number of carbonyl (C=O) groups is 1. The van der Waals surface area contributed by atoms with E-state index in [1.807, 2.05) is 18.4 Å². The van der Waals surface area contributed by atoms with E-state index in [0.29, 0.717) is 19.6 Å². The molecule has 15 heavy (non-hydrogen) atoms. The predicted molar refractivity (Wildman–Crippen MR) is 62.1 cm³/mol. The number of ether oxygens (including phenoxy) is 1. The van der Waals surface area contributed by atoms with Crippen LogP contribution in [0.4, 0.5) is 0 Å². The van der Waals surface area contributed by atoms with Crippen molar-refractivity contribution in [3.63, 3.8) is 0 Å². The summed E-state index contributed by atoms with van der Waals surface area (Å²) in [5.74, 6) is -0.118. The quantitative estimate of drug-likeness (QED) is 0.570. The maximum absolute atomic E-state index is 11.2. The smallest absolute Gasteiger partial charge is 0.307 e. The zero-order valence-electron chi connectivity index (χ0n) is 8.99. The number of nitrogens with one attached hydrogen (secondary N) is 1. The molecule has 1 rings (SSSR count). The molecule has 0 amide bonds. The van der Waals surface area contributed by atoms with Gasteiger partial charge in [0.25, 0.3) is 0 Å². The van der Waals surface area contributed by atoms with Gasteiger partial charge < -0.3 is 10.1 Å². The van der Waals surface area contributed by atoms with Crippen LogP contribution in [0.2, 0.25) is 0 Å². The highest BCUT2D eigenvalue weighted by Gasteiger charge is 2.02. The third-order valence-electron chi connectivity index (χ3n) is 1.95. The van der Waals surface area contributed by atoms with Gasteiger partial charge in [-0.15, -0.1) is 11.3 Å². The molecule has 3 nitrogen and oxygen atoms in total. The molecule has 0 aliphatic carbocycles. The summed E-state index contributed by atoms with van der Waals surface area (Å²) in [5.41, 5.74) is 0.